The van der Waals surface area contributed by atoms with Gasteiger partial charge < -0.3 is 0 Å². The molecule has 0 aliphatic heterocycles. The number of nitrogens with zero attached hydrogens (tertiary/aromatic N) is 3. The molecule has 0 spiro atoms. The van der Waals surface area contributed by atoms with Crippen LogP contribution in [0.2, 0.25) is 5.02 Å². The van der Waals surface area contributed by atoms with Gasteiger partial charge in [0.15, 0.2) is 5.13 Å². The van der Waals surface area contributed by atoms with Gasteiger partial charge in [0, 0.05) is 17.4 Å². The normalized spacial score (nSPS) is 11.1. The van der Waals surface area contributed by atoms with Crippen LogP contribution in [0.1, 0.15) is 11.1 Å². The summed E-state index contributed by atoms with van der Waals surface area (Å²) in [7, 11) is 0. The van der Waals surface area contributed by atoms with Gasteiger partial charge in [-0.05, 0) is 46.2 Å². The van der Waals surface area contributed by atoms with Crippen LogP contribution in [0.25, 0.3) is 21.0 Å². The summed E-state index contributed by atoms with van der Waals surface area (Å²) >= 11 is 7.62. The maximum absolute atomic E-state index is 13.6. The highest BCUT2D eigenvalue weighted by Gasteiger charge is 2.21. The minimum atomic E-state index is -0.00893. The number of hydrogen-bond acceptors (Lipinski definition) is 4. The Morgan fingerprint density at radius 3 is 2.74 bits per heavy atom. The number of pyridine rings is 1. The number of amides is 1. The molecule has 0 atom stereocenters. The molecule has 0 saturated carbocycles. The molecular formula is C25H18ClN3OS. The largest absolute Gasteiger partial charge is 0.283 e. The fourth-order valence-corrected chi connectivity index (χ4v) is 4.90. The van der Waals surface area contributed by atoms with Crippen molar-refractivity contribution >= 4 is 55.0 Å². The van der Waals surface area contributed by atoms with E-state index in [0.717, 1.165) is 32.1 Å². The van der Waals surface area contributed by atoms with Crippen LogP contribution >= 0.6 is 22.9 Å². The summed E-state index contributed by atoms with van der Waals surface area (Å²) in [6.07, 6.45) is 3.80. The molecule has 6 heteroatoms. The van der Waals surface area contributed by atoms with Crippen molar-refractivity contribution in [2.24, 2.45) is 0 Å². The fourth-order valence-electron chi connectivity index (χ4n) is 3.64. The second kappa shape index (κ2) is 8.46. The Balaban J connectivity index is 1.53. The van der Waals surface area contributed by atoms with Crippen molar-refractivity contribution in [3.05, 3.63) is 101 Å². The predicted molar refractivity (Wildman–Crippen MR) is 128 cm³/mol. The Morgan fingerprint density at radius 2 is 1.87 bits per heavy atom. The van der Waals surface area contributed by atoms with Crippen molar-refractivity contribution in [2.75, 3.05) is 4.90 Å². The van der Waals surface area contributed by atoms with Gasteiger partial charge in [0.2, 0.25) is 5.91 Å². The van der Waals surface area contributed by atoms with E-state index in [4.69, 9.17) is 16.6 Å². The second-order valence-corrected chi connectivity index (χ2v) is 8.71. The number of fused-ring (bicyclic) bond motifs is 2. The maximum atomic E-state index is 13.6. The van der Waals surface area contributed by atoms with Crippen LogP contribution in [0.15, 0.2) is 85.2 Å². The summed E-state index contributed by atoms with van der Waals surface area (Å²) in [5.41, 5.74) is 2.79. The molecule has 0 aliphatic carbocycles. The summed E-state index contributed by atoms with van der Waals surface area (Å²) in [5, 5.41) is 3.53. The summed E-state index contributed by atoms with van der Waals surface area (Å²) < 4.78 is 0.955. The van der Waals surface area contributed by atoms with Gasteiger partial charge in [0.1, 0.15) is 0 Å². The third-order valence-corrected chi connectivity index (χ3v) is 6.43. The first-order chi connectivity index (χ1) is 15.2. The third-order valence-electron chi connectivity index (χ3n) is 5.16. The molecule has 5 rings (SSSR count). The summed E-state index contributed by atoms with van der Waals surface area (Å²) in [6.45, 7) is 0.408. The Morgan fingerprint density at radius 1 is 1.00 bits per heavy atom. The van der Waals surface area contributed by atoms with E-state index < -0.39 is 0 Å². The highest BCUT2D eigenvalue weighted by Crippen LogP contribution is 2.32. The van der Waals surface area contributed by atoms with Gasteiger partial charge in [-0.15, -0.1) is 0 Å². The first kappa shape index (κ1) is 19.7. The monoisotopic (exact) mass is 443 g/mol. The molecule has 3 aromatic carbocycles. The summed E-state index contributed by atoms with van der Waals surface area (Å²) in [4.78, 5) is 24.2. The smallest absolute Gasteiger partial charge is 0.233 e. The topological polar surface area (TPSA) is 46.1 Å². The van der Waals surface area contributed by atoms with E-state index in [0.29, 0.717) is 16.7 Å². The average molecular weight is 444 g/mol. The molecule has 0 radical (unpaired) electrons. The number of carbonyl (C=O) groups is 1. The van der Waals surface area contributed by atoms with E-state index in [1.807, 2.05) is 54.6 Å². The first-order valence-corrected chi connectivity index (χ1v) is 11.1. The molecule has 0 N–H and O–H groups in total. The lowest BCUT2D eigenvalue weighted by molar-refractivity contribution is -0.118. The van der Waals surface area contributed by atoms with Crippen LogP contribution in [0.3, 0.4) is 0 Å². The van der Waals surface area contributed by atoms with E-state index in [2.05, 4.69) is 23.2 Å². The van der Waals surface area contributed by atoms with Gasteiger partial charge in [-0.1, -0.05) is 71.5 Å². The van der Waals surface area contributed by atoms with Crippen LogP contribution in [-0.4, -0.2) is 15.9 Å². The molecule has 2 aromatic heterocycles. The third kappa shape index (κ3) is 4.15. The molecule has 5 aromatic rings. The van der Waals surface area contributed by atoms with Gasteiger partial charge in [-0.2, -0.15) is 0 Å². The Hall–Kier alpha value is -3.28. The molecular weight excluding hydrogens is 426 g/mol. The molecule has 0 bridgehead atoms. The van der Waals surface area contributed by atoms with E-state index >= 15 is 0 Å². The van der Waals surface area contributed by atoms with Crippen molar-refractivity contribution in [3.63, 3.8) is 0 Å². The fraction of sp³-hybridized carbons (Fsp3) is 0.0800. The first-order valence-electron chi connectivity index (χ1n) is 9.89. The molecule has 0 saturated heterocycles. The standard InChI is InChI=1S/C25H18ClN3OS/c26-20-10-11-22-23(14-20)31-25(28-22)29(16-17-5-4-12-27-15-17)24(30)13-19-8-3-7-18-6-1-2-9-21(18)19/h1-12,14-15H,13,16H2. The molecule has 2 heterocycles. The predicted octanol–water partition coefficient (Wildman–Crippen LogP) is 6.27. The van der Waals surface area contributed by atoms with Gasteiger partial charge in [-0.25, -0.2) is 4.98 Å². The maximum Gasteiger partial charge on any atom is 0.233 e. The van der Waals surface area contributed by atoms with Crippen molar-refractivity contribution < 1.29 is 4.79 Å². The summed E-state index contributed by atoms with van der Waals surface area (Å²) in [5.74, 6) is -0.00893. The van der Waals surface area contributed by atoms with E-state index in [1.54, 1.807) is 17.3 Å². The lowest BCUT2D eigenvalue weighted by Gasteiger charge is -2.20. The van der Waals surface area contributed by atoms with Crippen molar-refractivity contribution in [2.45, 2.75) is 13.0 Å². The number of benzene rings is 3. The lowest BCUT2D eigenvalue weighted by atomic mass is 10.0. The van der Waals surface area contributed by atoms with Crippen molar-refractivity contribution in [3.8, 4) is 0 Å². The van der Waals surface area contributed by atoms with E-state index in [1.165, 1.54) is 11.3 Å². The number of thiazole rings is 1. The molecule has 0 aliphatic rings. The zero-order valence-corrected chi connectivity index (χ0v) is 18.1. The Labute approximate surface area is 188 Å². The number of halogens is 1. The molecule has 1 amide bonds. The second-order valence-electron chi connectivity index (χ2n) is 7.26. The van der Waals surface area contributed by atoms with Crippen LogP contribution in [0.4, 0.5) is 5.13 Å². The van der Waals surface area contributed by atoms with Crippen LogP contribution in [0, 0.1) is 0 Å². The zero-order valence-electron chi connectivity index (χ0n) is 16.5. The van der Waals surface area contributed by atoms with Gasteiger partial charge in [0.25, 0.3) is 0 Å². The number of hydrogen-bond donors (Lipinski definition) is 0. The lowest BCUT2D eigenvalue weighted by Crippen LogP contribution is -2.31. The molecule has 31 heavy (non-hydrogen) atoms. The van der Waals surface area contributed by atoms with E-state index in [9.17, 15) is 4.79 Å². The molecule has 0 unspecified atom stereocenters. The van der Waals surface area contributed by atoms with Gasteiger partial charge >= 0.3 is 0 Å². The minimum Gasteiger partial charge on any atom is -0.283 e. The van der Waals surface area contributed by atoms with Gasteiger partial charge in [-0.3, -0.25) is 14.7 Å². The summed E-state index contributed by atoms with van der Waals surface area (Å²) in [6, 6.07) is 23.6. The number of anilines is 1. The number of rotatable bonds is 5. The van der Waals surface area contributed by atoms with Crippen LogP contribution in [0.5, 0.6) is 0 Å². The van der Waals surface area contributed by atoms with Crippen LogP contribution in [-0.2, 0) is 17.8 Å². The molecule has 0 fully saturated rings. The molecule has 4 nitrogen and oxygen atoms in total. The van der Waals surface area contributed by atoms with Gasteiger partial charge in [0.05, 0.1) is 23.2 Å². The zero-order chi connectivity index (χ0) is 21.2. The quantitative estimate of drug-likeness (QED) is 0.321. The highest BCUT2D eigenvalue weighted by atomic mass is 35.5. The minimum absolute atomic E-state index is 0.00893. The van der Waals surface area contributed by atoms with Crippen molar-refractivity contribution in [1.29, 1.82) is 0 Å². The average Bonchev–Trinajstić information content (AvgIpc) is 3.21. The highest BCUT2D eigenvalue weighted by molar-refractivity contribution is 7.22. The Kier molecular flexibility index (Phi) is 5.37. The van der Waals surface area contributed by atoms with Crippen LogP contribution < -0.4 is 4.90 Å². The SMILES string of the molecule is O=C(Cc1cccc2ccccc12)N(Cc1cccnc1)c1nc2ccc(Cl)cc2s1. The van der Waals surface area contributed by atoms with E-state index in [-0.39, 0.29) is 12.3 Å². The molecule has 152 valence electrons. The Bertz CT molecular complexity index is 1380. The number of carbonyl (C=O) groups excluding carboxylic acids is 1. The number of aromatic nitrogens is 2. The van der Waals surface area contributed by atoms with Crippen molar-refractivity contribution in [1.82, 2.24) is 9.97 Å².